The van der Waals surface area contributed by atoms with Crippen LogP contribution in [0.1, 0.15) is 20.7 Å². The maximum absolute atomic E-state index is 12.8. The van der Waals surface area contributed by atoms with Crippen LogP contribution in [-0.2, 0) is 4.74 Å². The Morgan fingerprint density at radius 1 is 0.781 bits per heavy atom. The van der Waals surface area contributed by atoms with Crippen molar-refractivity contribution < 1.29 is 19.1 Å². The van der Waals surface area contributed by atoms with Gasteiger partial charge < -0.3 is 19.3 Å². The van der Waals surface area contributed by atoms with Crippen molar-refractivity contribution in [2.24, 2.45) is 0 Å². The summed E-state index contributed by atoms with van der Waals surface area (Å²) in [7, 11) is 2.97. The SMILES string of the molecule is COC(=O)c1ccc(C(=O)N2CCN(c3ccc(-c4ccc(OC)cc4)nn3)CC2)cc1. The third kappa shape index (κ3) is 4.54. The van der Waals surface area contributed by atoms with Crippen molar-refractivity contribution >= 4 is 17.7 Å². The molecule has 0 radical (unpaired) electrons. The summed E-state index contributed by atoms with van der Waals surface area (Å²) >= 11 is 0. The van der Waals surface area contributed by atoms with Gasteiger partial charge in [-0.25, -0.2) is 4.79 Å². The number of ether oxygens (including phenoxy) is 2. The largest absolute Gasteiger partial charge is 0.497 e. The number of carbonyl (C=O) groups excluding carboxylic acids is 2. The van der Waals surface area contributed by atoms with E-state index in [-0.39, 0.29) is 5.91 Å². The minimum atomic E-state index is -0.420. The van der Waals surface area contributed by atoms with Gasteiger partial charge in [0.05, 0.1) is 25.5 Å². The lowest BCUT2D eigenvalue weighted by molar-refractivity contribution is 0.0599. The molecule has 0 saturated carbocycles. The highest BCUT2D eigenvalue weighted by atomic mass is 16.5. The standard InChI is InChI=1S/C24H24N4O4/c1-31-20-9-7-17(8-10-20)21-11-12-22(26-25-21)27-13-15-28(16-14-27)23(29)18-3-5-19(6-4-18)24(30)32-2/h3-12H,13-16H2,1-2H3. The molecule has 2 aromatic carbocycles. The van der Waals surface area contributed by atoms with E-state index in [1.807, 2.05) is 41.3 Å². The quantitative estimate of drug-likeness (QED) is 0.573. The van der Waals surface area contributed by atoms with E-state index >= 15 is 0 Å². The van der Waals surface area contributed by atoms with Gasteiger partial charge in [0.2, 0.25) is 0 Å². The van der Waals surface area contributed by atoms with Crippen molar-refractivity contribution in [2.45, 2.75) is 0 Å². The van der Waals surface area contributed by atoms with Crippen LogP contribution in [0.15, 0.2) is 60.7 Å². The second-order valence-electron chi connectivity index (χ2n) is 7.35. The number of hydrogen-bond donors (Lipinski definition) is 0. The van der Waals surface area contributed by atoms with Gasteiger partial charge in [-0.3, -0.25) is 4.79 Å². The maximum atomic E-state index is 12.8. The number of hydrogen-bond acceptors (Lipinski definition) is 7. The molecule has 1 saturated heterocycles. The second-order valence-corrected chi connectivity index (χ2v) is 7.35. The van der Waals surface area contributed by atoms with E-state index in [2.05, 4.69) is 15.1 Å². The average Bonchev–Trinajstić information content (AvgIpc) is 2.88. The Labute approximate surface area is 186 Å². The molecule has 0 N–H and O–H groups in total. The second kappa shape index (κ2) is 9.47. The smallest absolute Gasteiger partial charge is 0.337 e. The molecule has 0 atom stereocenters. The molecule has 0 unspecified atom stereocenters. The highest BCUT2D eigenvalue weighted by Gasteiger charge is 2.23. The third-order valence-electron chi connectivity index (χ3n) is 5.48. The zero-order chi connectivity index (χ0) is 22.5. The Morgan fingerprint density at radius 3 is 2.00 bits per heavy atom. The molecular weight excluding hydrogens is 408 g/mol. The van der Waals surface area contributed by atoms with Crippen molar-refractivity contribution in [3.8, 4) is 17.0 Å². The molecule has 164 valence electrons. The third-order valence-corrected chi connectivity index (χ3v) is 5.48. The van der Waals surface area contributed by atoms with E-state index in [4.69, 9.17) is 9.47 Å². The molecule has 8 heteroatoms. The highest BCUT2D eigenvalue weighted by molar-refractivity contribution is 5.96. The lowest BCUT2D eigenvalue weighted by Crippen LogP contribution is -2.49. The number of methoxy groups -OCH3 is 2. The van der Waals surface area contributed by atoms with Crippen LogP contribution >= 0.6 is 0 Å². The average molecular weight is 432 g/mol. The van der Waals surface area contributed by atoms with Gasteiger partial charge in [-0.2, -0.15) is 0 Å². The van der Waals surface area contributed by atoms with Crippen LogP contribution in [-0.4, -0.2) is 67.4 Å². The predicted octanol–water partition coefficient (Wildman–Crippen LogP) is 2.90. The lowest BCUT2D eigenvalue weighted by Gasteiger charge is -2.35. The zero-order valence-electron chi connectivity index (χ0n) is 18.0. The first-order chi connectivity index (χ1) is 15.6. The Bertz CT molecular complexity index is 1070. The van der Waals surface area contributed by atoms with Crippen LogP contribution in [0.2, 0.25) is 0 Å². The van der Waals surface area contributed by atoms with Gasteiger partial charge in [0.1, 0.15) is 5.75 Å². The normalized spacial score (nSPS) is 13.6. The molecular formula is C24H24N4O4. The van der Waals surface area contributed by atoms with E-state index in [1.165, 1.54) is 7.11 Å². The number of nitrogens with zero attached hydrogens (tertiary/aromatic N) is 4. The number of aromatic nitrogens is 2. The van der Waals surface area contributed by atoms with E-state index < -0.39 is 5.97 Å². The summed E-state index contributed by atoms with van der Waals surface area (Å²) in [6.07, 6.45) is 0. The van der Waals surface area contributed by atoms with Crippen molar-refractivity contribution in [3.63, 3.8) is 0 Å². The fourth-order valence-corrected chi connectivity index (χ4v) is 3.60. The Kier molecular flexibility index (Phi) is 6.30. The maximum Gasteiger partial charge on any atom is 0.337 e. The molecule has 1 aromatic heterocycles. The Morgan fingerprint density at radius 2 is 1.44 bits per heavy atom. The van der Waals surface area contributed by atoms with E-state index in [1.54, 1.807) is 31.4 Å². The fourth-order valence-electron chi connectivity index (χ4n) is 3.60. The summed E-state index contributed by atoms with van der Waals surface area (Å²) in [5.41, 5.74) is 2.74. The van der Waals surface area contributed by atoms with Crippen LogP contribution in [0.5, 0.6) is 5.75 Å². The van der Waals surface area contributed by atoms with Gasteiger partial charge in [-0.15, -0.1) is 10.2 Å². The molecule has 1 fully saturated rings. The summed E-state index contributed by atoms with van der Waals surface area (Å²) in [6.45, 7) is 2.50. The zero-order valence-corrected chi connectivity index (χ0v) is 18.0. The van der Waals surface area contributed by atoms with Crippen molar-refractivity contribution in [3.05, 3.63) is 71.8 Å². The summed E-state index contributed by atoms with van der Waals surface area (Å²) in [6, 6.07) is 18.1. The molecule has 3 aromatic rings. The van der Waals surface area contributed by atoms with Gasteiger partial charge in [0, 0.05) is 37.3 Å². The Balaban J connectivity index is 1.35. The molecule has 1 aliphatic heterocycles. The molecule has 0 bridgehead atoms. The predicted molar refractivity (Wildman–Crippen MR) is 120 cm³/mol. The summed E-state index contributed by atoms with van der Waals surface area (Å²) < 4.78 is 9.88. The molecule has 0 spiro atoms. The van der Waals surface area contributed by atoms with Gasteiger partial charge >= 0.3 is 5.97 Å². The van der Waals surface area contributed by atoms with E-state index in [0.29, 0.717) is 37.3 Å². The number of anilines is 1. The summed E-state index contributed by atoms with van der Waals surface area (Å²) in [5.74, 6) is 1.11. The first-order valence-electron chi connectivity index (χ1n) is 10.3. The lowest BCUT2D eigenvalue weighted by atomic mass is 10.1. The minimum absolute atomic E-state index is 0.0537. The van der Waals surface area contributed by atoms with Crippen molar-refractivity contribution in [1.29, 1.82) is 0 Å². The highest BCUT2D eigenvalue weighted by Crippen LogP contribution is 2.22. The molecule has 8 nitrogen and oxygen atoms in total. The van der Waals surface area contributed by atoms with Crippen molar-refractivity contribution in [2.75, 3.05) is 45.3 Å². The van der Waals surface area contributed by atoms with Gasteiger partial charge in [-0.05, 0) is 60.7 Å². The molecule has 32 heavy (non-hydrogen) atoms. The molecule has 2 heterocycles. The number of piperazine rings is 1. The number of amides is 1. The van der Waals surface area contributed by atoms with Crippen LogP contribution < -0.4 is 9.64 Å². The number of esters is 1. The number of rotatable bonds is 5. The van der Waals surface area contributed by atoms with Crippen molar-refractivity contribution in [1.82, 2.24) is 15.1 Å². The molecule has 0 aliphatic carbocycles. The topological polar surface area (TPSA) is 84.9 Å². The number of benzene rings is 2. The number of carbonyl (C=O) groups is 2. The first-order valence-corrected chi connectivity index (χ1v) is 10.3. The van der Waals surface area contributed by atoms with Crippen LogP contribution in [0.3, 0.4) is 0 Å². The van der Waals surface area contributed by atoms with Crippen LogP contribution in [0.4, 0.5) is 5.82 Å². The van der Waals surface area contributed by atoms with E-state index in [0.717, 1.165) is 22.8 Å². The molecule has 1 aliphatic rings. The monoisotopic (exact) mass is 432 g/mol. The van der Waals surface area contributed by atoms with Crippen LogP contribution in [0.25, 0.3) is 11.3 Å². The van der Waals surface area contributed by atoms with Crippen LogP contribution in [0, 0.1) is 0 Å². The van der Waals surface area contributed by atoms with Gasteiger partial charge in [-0.1, -0.05) is 0 Å². The van der Waals surface area contributed by atoms with Gasteiger partial charge in [0.15, 0.2) is 5.82 Å². The minimum Gasteiger partial charge on any atom is -0.497 e. The summed E-state index contributed by atoms with van der Waals surface area (Å²) in [5, 5.41) is 8.74. The first kappa shape index (κ1) is 21.3. The van der Waals surface area contributed by atoms with E-state index in [9.17, 15) is 9.59 Å². The fraction of sp³-hybridized carbons (Fsp3) is 0.250. The Hall–Kier alpha value is -3.94. The van der Waals surface area contributed by atoms with Gasteiger partial charge in [0.25, 0.3) is 5.91 Å². The summed E-state index contributed by atoms with van der Waals surface area (Å²) in [4.78, 5) is 28.3. The molecule has 1 amide bonds. The molecule has 4 rings (SSSR count).